The topological polar surface area (TPSA) is 36.3 Å². The zero-order valence-corrected chi connectivity index (χ0v) is 16.4. The van der Waals surface area contributed by atoms with Crippen LogP contribution in [0.3, 0.4) is 0 Å². The maximum atomic E-state index is 15.0. The Morgan fingerprint density at radius 3 is 2.56 bits per heavy atom. The van der Waals surface area contributed by atoms with E-state index in [2.05, 4.69) is 16.8 Å². The summed E-state index contributed by atoms with van der Waals surface area (Å²) in [7, 11) is -0.994. The lowest BCUT2D eigenvalue weighted by molar-refractivity contribution is 0.00578. The summed E-state index contributed by atoms with van der Waals surface area (Å²) in [6, 6.07) is 7.52. The third-order valence-corrected chi connectivity index (χ3v) is 5.17. The van der Waals surface area contributed by atoms with Gasteiger partial charge >= 0.3 is 7.12 Å². The van der Waals surface area contributed by atoms with Crippen LogP contribution in [-0.4, -0.2) is 27.9 Å². The highest BCUT2D eigenvalue weighted by molar-refractivity contribution is 6.55. The highest BCUT2D eigenvalue weighted by atomic mass is 19.1. The summed E-state index contributed by atoms with van der Waals surface area (Å²) in [4.78, 5) is 3.99. The van der Waals surface area contributed by atoms with E-state index in [0.29, 0.717) is 12.1 Å². The Balaban J connectivity index is 1.80. The van der Waals surface area contributed by atoms with Crippen LogP contribution in [0.2, 0.25) is 0 Å². The van der Waals surface area contributed by atoms with Crippen LogP contribution < -0.4 is 0 Å². The Morgan fingerprint density at radius 2 is 1.93 bits per heavy atom. The van der Waals surface area contributed by atoms with Crippen LogP contribution in [0.15, 0.2) is 48.7 Å². The van der Waals surface area contributed by atoms with Crippen molar-refractivity contribution in [1.82, 2.24) is 9.55 Å². The minimum atomic E-state index is -0.994. The second-order valence-corrected chi connectivity index (χ2v) is 7.68. The molecule has 2 aromatic rings. The highest BCUT2D eigenvalue weighted by Crippen LogP contribution is 2.40. The lowest BCUT2D eigenvalue weighted by Crippen LogP contribution is -2.41. The Kier molecular flexibility index (Phi) is 5.28. The molecule has 0 radical (unpaired) electrons. The molecule has 3 rings (SSSR count). The number of allylic oxidation sites excluding steroid dienone is 1. The molecule has 0 saturated carbocycles. The summed E-state index contributed by atoms with van der Waals surface area (Å²) in [5, 5.41) is 0. The molecule has 0 N–H and O–H groups in total. The predicted octanol–water partition coefficient (Wildman–Crippen LogP) is 4.27. The number of halogens is 1. The SMILES string of the molecule is CC(=C(F)B1OC(C)(C)C(C)(C)O1)c1cccc(C#CCn2ccnc2)c1. The minimum absolute atomic E-state index is 0.405. The van der Waals surface area contributed by atoms with Crippen molar-refractivity contribution in [3.8, 4) is 11.8 Å². The quantitative estimate of drug-likeness (QED) is 0.601. The van der Waals surface area contributed by atoms with Gasteiger partial charge in [-0.2, -0.15) is 0 Å². The van der Waals surface area contributed by atoms with Crippen molar-refractivity contribution in [2.45, 2.75) is 52.4 Å². The summed E-state index contributed by atoms with van der Waals surface area (Å²) in [5.74, 6) is 6.20. The van der Waals surface area contributed by atoms with Gasteiger partial charge in [-0.05, 0) is 57.9 Å². The molecular weight excluding hydrogens is 342 g/mol. The number of aromatic nitrogens is 2. The van der Waals surface area contributed by atoms with E-state index in [1.54, 1.807) is 19.4 Å². The molecule has 0 unspecified atom stereocenters. The van der Waals surface area contributed by atoms with E-state index in [1.165, 1.54) is 0 Å². The number of hydrogen-bond acceptors (Lipinski definition) is 3. The van der Waals surface area contributed by atoms with E-state index in [0.717, 1.165) is 11.1 Å². The van der Waals surface area contributed by atoms with Crippen LogP contribution >= 0.6 is 0 Å². The summed E-state index contributed by atoms with van der Waals surface area (Å²) in [6.07, 6.45) is 5.30. The van der Waals surface area contributed by atoms with Crippen molar-refractivity contribution >= 4 is 12.7 Å². The molecule has 140 valence electrons. The first kappa shape index (κ1) is 19.4. The molecule has 27 heavy (non-hydrogen) atoms. The molecule has 0 amide bonds. The Hall–Kier alpha value is -2.36. The molecule has 1 aromatic carbocycles. The number of rotatable bonds is 3. The minimum Gasteiger partial charge on any atom is -0.398 e. The fourth-order valence-corrected chi connectivity index (χ4v) is 2.70. The van der Waals surface area contributed by atoms with Crippen LogP contribution in [0.4, 0.5) is 4.39 Å². The predicted molar refractivity (Wildman–Crippen MR) is 105 cm³/mol. The lowest BCUT2D eigenvalue weighted by atomic mass is 9.83. The third kappa shape index (κ3) is 4.15. The fourth-order valence-electron chi connectivity index (χ4n) is 2.70. The van der Waals surface area contributed by atoms with Crippen LogP contribution in [0.1, 0.15) is 45.7 Å². The van der Waals surface area contributed by atoms with E-state index in [9.17, 15) is 0 Å². The second kappa shape index (κ2) is 7.34. The van der Waals surface area contributed by atoms with Gasteiger partial charge in [0.05, 0.1) is 24.1 Å². The van der Waals surface area contributed by atoms with Gasteiger partial charge in [0.15, 0.2) is 0 Å². The smallest absolute Gasteiger partial charge is 0.398 e. The van der Waals surface area contributed by atoms with Crippen molar-refractivity contribution in [2.75, 3.05) is 0 Å². The zero-order chi connectivity index (χ0) is 19.7. The Bertz CT molecular complexity index is 892. The van der Waals surface area contributed by atoms with E-state index in [4.69, 9.17) is 9.31 Å². The fraction of sp³-hybridized carbons (Fsp3) is 0.381. The number of imidazole rings is 1. The summed E-state index contributed by atoms with van der Waals surface area (Å²) >= 11 is 0. The van der Waals surface area contributed by atoms with Gasteiger partial charge in [-0.1, -0.05) is 24.0 Å². The molecule has 4 nitrogen and oxygen atoms in total. The maximum Gasteiger partial charge on any atom is 0.525 e. The molecule has 1 aliphatic rings. The van der Waals surface area contributed by atoms with Gasteiger partial charge in [-0.25, -0.2) is 9.37 Å². The summed E-state index contributed by atoms with van der Waals surface area (Å²) in [5.41, 5.74) is 0.528. The molecule has 6 heteroatoms. The van der Waals surface area contributed by atoms with Crippen LogP contribution in [0.5, 0.6) is 0 Å². The Morgan fingerprint density at radius 1 is 1.22 bits per heavy atom. The normalized spacial score (nSPS) is 18.7. The van der Waals surface area contributed by atoms with Crippen molar-refractivity contribution < 1.29 is 13.7 Å². The standard InChI is InChI=1S/C21H24BFN2O2/c1-16(19(23)22-26-20(2,3)21(4,5)27-22)18-10-6-8-17(14-18)9-7-12-25-13-11-24-15-25/h6,8,10-11,13-15H,12H2,1-5H3. The lowest BCUT2D eigenvalue weighted by Gasteiger charge is -2.32. The molecule has 0 atom stereocenters. The first-order valence-corrected chi connectivity index (χ1v) is 8.96. The largest absolute Gasteiger partial charge is 0.525 e. The van der Waals surface area contributed by atoms with Gasteiger partial charge < -0.3 is 13.9 Å². The van der Waals surface area contributed by atoms with Gasteiger partial charge in [0.1, 0.15) is 5.73 Å². The molecule has 1 saturated heterocycles. The molecule has 1 aliphatic heterocycles. The van der Waals surface area contributed by atoms with E-state index < -0.39 is 24.0 Å². The van der Waals surface area contributed by atoms with Crippen LogP contribution in [0.25, 0.3) is 5.57 Å². The number of hydrogen-bond donors (Lipinski definition) is 0. The number of nitrogens with zero attached hydrogens (tertiary/aromatic N) is 2. The molecule has 0 aliphatic carbocycles. The second-order valence-electron chi connectivity index (χ2n) is 7.68. The van der Waals surface area contributed by atoms with Gasteiger partial charge in [-0.3, -0.25) is 0 Å². The number of benzene rings is 1. The van der Waals surface area contributed by atoms with E-state index in [1.807, 2.05) is 62.7 Å². The molecule has 1 fully saturated rings. The zero-order valence-electron chi connectivity index (χ0n) is 16.4. The highest BCUT2D eigenvalue weighted by Gasteiger charge is 2.53. The Labute approximate surface area is 160 Å². The molecule has 2 heterocycles. The van der Waals surface area contributed by atoms with E-state index >= 15 is 4.39 Å². The van der Waals surface area contributed by atoms with Gasteiger partial charge in [-0.15, -0.1) is 0 Å². The van der Waals surface area contributed by atoms with Crippen molar-refractivity contribution in [3.63, 3.8) is 0 Å². The third-order valence-electron chi connectivity index (χ3n) is 5.17. The van der Waals surface area contributed by atoms with Gasteiger partial charge in [0, 0.05) is 18.0 Å². The summed E-state index contributed by atoms with van der Waals surface area (Å²) < 4.78 is 28.5. The molecule has 0 spiro atoms. The van der Waals surface area contributed by atoms with Crippen molar-refractivity contribution in [3.05, 3.63) is 59.8 Å². The monoisotopic (exact) mass is 366 g/mol. The molecule has 1 aromatic heterocycles. The van der Waals surface area contributed by atoms with Crippen molar-refractivity contribution in [2.24, 2.45) is 0 Å². The van der Waals surface area contributed by atoms with Crippen LogP contribution in [0, 0.1) is 11.8 Å². The van der Waals surface area contributed by atoms with Crippen LogP contribution in [-0.2, 0) is 15.9 Å². The molecule has 0 bridgehead atoms. The first-order chi connectivity index (χ1) is 12.7. The summed E-state index contributed by atoms with van der Waals surface area (Å²) in [6.45, 7) is 9.93. The average Bonchev–Trinajstić information content (AvgIpc) is 3.20. The van der Waals surface area contributed by atoms with E-state index in [-0.39, 0.29) is 0 Å². The maximum absolute atomic E-state index is 15.0. The average molecular weight is 366 g/mol. The molecular formula is C21H24BFN2O2. The van der Waals surface area contributed by atoms with Gasteiger partial charge in [0.25, 0.3) is 0 Å². The van der Waals surface area contributed by atoms with Crippen molar-refractivity contribution in [1.29, 1.82) is 0 Å². The van der Waals surface area contributed by atoms with Gasteiger partial charge in [0.2, 0.25) is 0 Å². The first-order valence-electron chi connectivity index (χ1n) is 8.96.